The molecule has 0 bridgehead atoms. The lowest BCUT2D eigenvalue weighted by Crippen LogP contribution is -2.28. The van der Waals surface area contributed by atoms with Crippen LogP contribution in [0.1, 0.15) is 33.1 Å². The van der Waals surface area contributed by atoms with Crippen LogP contribution in [0.3, 0.4) is 0 Å². The Morgan fingerprint density at radius 3 is 2.82 bits per heavy atom. The Hall–Kier alpha value is -0.560. The summed E-state index contributed by atoms with van der Waals surface area (Å²) in [5.74, 6) is 0. The zero-order valence-electron chi connectivity index (χ0n) is 7.30. The second kappa shape index (κ2) is 3.22. The second-order valence-corrected chi connectivity index (χ2v) is 3.19. The van der Waals surface area contributed by atoms with Crippen LogP contribution in [0.15, 0.2) is 23.8 Å². The van der Waals surface area contributed by atoms with Gasteiger partial charge in [-0.05, 0) is 38.7 Å². The first-order valence-electron chi connectivity index (χ1n) is 4.22. The fraction of sp³-hybridized carbons (Fsp3) is 0.600. The molecule has 0 fully saturated rings. The summed E-state index contributed by atoms with van der Waals surface area (Å²) in [5, 5.41) is 9.98. The van der Waals surface area contributed by atoms with Crippen LogP contribution >= 0.6 is 0 Å². The van der Waals surface area contributed by atoms with Gasteiger partial charge in [0.1, 0.15) is 5.60 Å². The van der Waals surface area contributed by atoms with Crippen molar-refractivity contribution in [2.45, 2.75) is 38.7 Å². The molecular formula is C10H16O. The van der Waals surface area contributed by atoms with Crippen molar-refractivity contribution in [2.75, 3.05) is 0 Å². The molecule has 1 nitrogen and oxygen atoms in total. The Kier molecular flexibility index (Phi) is 2.50. The number of hydrogen-bond donors (Lipinski definition) is 1. The summed E-state index contributed by atoms with van der Waals surface area (Å²) < 4.78 is 0. The van der Waals surface area contributed by atoms with Crippen LogP contribution in [-0.4, -0.2) is 10.7 Å². The zero-order valence-corrected chi connectivity index (χ0v) is 7.30. The summed E-state index contributed by atoms with van der Waals surface area (Å²) in [7, 11) is 0. The fourth-order valence-electron chi connectivity index (χ4n) is 1.43. The quantitative estimate of drug-likeness (QED) is 0.572. The van der Waals surface area contributed by atoms with E-state index in [4.69, 9.17) is 0 Å². The van der Waals surface area contributed by atoms with E-state index >= 15 is 0 Å². The number of hydrogen-bond acceptors (Lipinski definition) is 1. The monoisotopic (exact) mass is 152 g/mol. The third-order valence-corrected chi connectivity index (χ3v) is 2.44. The molecule has 1 N–H and O–H groups in total. The Bertz CT molecular complexity index is 191. The van der Waals surface area contributed by atoms with Crippen LogP contribution in [0.2, 0.25) is 0 Å². The van der Waals surface area contributed by atoms with Crippen molar-refractivity contribution in [3.05, 3.63) is 23.8 Å². The van der Waals surface area contributed by atoms with Gasteiger partial charge in [0, 0.05) is 0 Å². The maximum Gasteiger partial charge on any atom is 0.103 e. The third-order valence-electron chi connectivity index (χ3n) is 2.44. The largest absolute Gasteiger partial charge is 0.381 e. The van der Waals surface area contributed by atoms with Crippen molar-refractivity contribution in [1.82, 2.24) is 0 Å². The van der Waals surface area contributed by atoms with E-state index in [2.05, 4.69) is 6.08 Å². The van der Waals surface area contributed by atoms with Crippen molar-refractivity contribution in [2.24, 2.45) is 0 Å². The normalized spacial score (nSPS) is 32.5. The van der Waals surface area contributed by atoms with Crippen molar-refractivity contribution in [3.63, 3.8) is 0 Å². The van der Waals surface area contributed by atoms with E-state index in [0.717, 1.165) is 24.8 Å². The minimum Gasteiger partial charge on any atom is -0.381 e. The van der Waals surface area contributed by atoms with E-state index in [1.54, 1.807) is 0 Å². The lowest BCUT2D eigenvalue weighted by Gasteiger charge is -2.28. The summed E-state index contributed by atoms with van der Waals surface area (Å²) in [5.41, 5.74) is 0.431. The Balaban J connectivity index is 2.80. The molecule has 0 saturated heterocycles. The highest BCUT2D eigenvalue weighted by Crippen LogP contribution is 2.28. The molecule has 0 aromatic rings. The lowest BCUT2D eigenvalue weighted by atomic mass is 9.85. The number of rotatable bonds is 1. The van der Waals surface area contributed by atoms with Crippen molar-refractivity contribution in [3.8, 4) is 0 Å². The van der Waals surface area contributed by atoms with Crippen LogP contribution in [0.4, 0.5) is 0 Å². The molecule has 0 aromatic heterocycles. The average Bonchev–Trinajstić information content (AvgIpc) is 2.04. The summed E-state index contributed by atoms with van der Waals surface area (Å²) >= 11 is 0. The van der Waals surface area contributed by atoms with Gasteiger partial charge in [0.2, 0.25) is 0 Å². The summed E-state index contributed by atoms with van der Waals surface area (Å²) in [4.78, 5) is 0. The molecule has 0 amide bonds. The molecule has 0 radical (unpaired) electrons. The van der Waals surface area contributed by atoms with Gasteiger partial charge in [-0.15, -0.1) is 0 Å². The van der Waals surface area contributed by atoms with Gasteiger partial charge in [0.05, 0.1) is 0 Å². The molecule has 0 heterocycles. The van der Waals surface area contributed by atoms with E-state index in [9.17, 15) is 5.11 Å². The highest BCUT2D eigenvalue weighted by atomic mass is 16.3. The van der Waals surface area contributed by atoms with E-state index in [-0.39, 0.29) is 0 Å². The van der Waals surface area contributed by atoms with Crippen molar-refractivity contribution >= 4 is 0 Å². The van der Waals surface area contributed by atoms with Gasteiger partial charge in [-0.1, -0.05) is 18.2 Å². The maximum absolute atomic E-state index is 9.98. The Morgan fingerprint density at radius 1 is 1.64 bits per heavy atom. The van der Waals surface area contributed by atoms with Gasteiger partial charge < -0.3 is 5.11 Å². The van der Waals surface area contributed by atoms with Crippen molar-refractivity contribution in [1.29, 1.82) is 0 Å². The molecule has 11 heavy (non-hydrogen) atoms. The number of aliphatic hydroxyl groups is 1. The molecule has 1 rings (SSSR count). The molecule has 1 atom stereocenters. The first-order valence-corrected chi connectivity index (χ1v) is 4.22. The Morgan fingerprint density at radius 2 is 2.36 bits per heavy atom. The zero-order chi connectivity index (χ0) is 8.32. The highest BCUT2D eigenvalue weighted by Gasteiger charge is 2.26. The van der Waals surface area contributed by atoms with Crippen LogP contribution in [-0.2, 0) is 0 Å². The molecule has 62 valence electrons. The lowest BCUT2D eigenvalue weighted by molar-refractivity contribution is 0.112. The third kappa shape index (κ3) is 1.72. The van der Waals surface area contributed by atoms with E-state index < -0.39 is 5.60 Å². The van der Waals surface area contributed by atoms with Crippen LogP contribution in [0.5, 0.6) is 0 Å². The second-order valence-electron chi connectivity index (χ2n) is 3.19. The highest BCUT2D eigenvalue weighted by molar-refractivity contribution is 5.23. The summed E-state index contributed by atoms with van der Waals surface area (Å²) in [6.07, 6.45) is 9.05. The van der Waals surface area contributed by atoms with Gasteiger partial charge in [-0.2, -0.15) is 0 Å². The minimum atomic E-state index is -0.632. The van der Waals surface area contributed by atoms with Crippen LogP contribution in [0.25, 0.3) is 0 Å². The molecule has 1 heteroatoms. The van der Waals surface area contributed by atoms with Crippen LogP contribution in [0, 0.1) is 0 Å². The topological polar surface area (TPSA) is 20.2 Å². The van der Waals surface area contributed by atoms with E-state index in [1.807, 2.05) is 26.0 Å². The van der Waals surface area contributed by atoms with Gasteiger partial charge in [-0.3, -0.25) is 0 Å². The average molecular weight is 152 g/mol. The molecule has 1 unspecified atom stereocenters. The molecule has 1 aliphatic carbocycles. The van der Waals surface area contributed by atoms with Crippen LogP contribution < -0.4 is 0 Å². The van der Waals surface area contributed by atoms with Crippen molar-refractivity contribution < 1.29 is 5.11 Å². The molecule has 0 spiro atoms. The fourth-order valence-corrected chi connectivity index (χ4v) is 1.43. The smallest absolute Gasteiger partial charge is 0.103 e. The molecule has 0 aliphatic heterocycles. The molecule has 1 aliphatic rings. The standard InChI is InChI=1S/C10H16O/c1-3-9(2)10(11)7-5-4-6-8-10/h3,5,7,11H,4,6,8H2,1-2H3/b9-3+. The Labute approximate surface area is 68.4 Å². The summed E-state index contributed by atoms with van der Waals surface area (Å²) in [6, 6.07) is 0. The SMILES string of the molecule is C/C=C(\C)C1(O)C=CCCC1. The predicted octanol–water partition coefficient (Wildman–Crippen LogP) is 2.42. The van der Waals surface area contributed by atoms with E-state index in [1.165, 1.54) is 0 Å². The minimum absolute atomic E-state index is 0.632. The first-order chi connectivity index (χ1) is 5.19. The van der Waals surface area contributed by atoms with Gasteiger partial charge in [0.25, 0.3) is 0 Å². The van der Waals surface area contributed by atoms with Gasteiger partial charge in [-0.25, -0.2) is 0 Å². The number of allylic oxidation sites excluding steroid dienone is 2. The molecule has 0 saturated carbocycles. The van der Waals surface area contributed by atoms with Gasteiger partial charge in [0.15, 0.2) is 0 Å². The maximum atomic E-state index is 9.98. The predicted molar refractivity (Wildman–Crippen MR) is 47.4 cm³/mol. The van der Waals surface area contributed by atoms with E-state index in [0.29, 0.717) is 0 Å². The van der Waals surface area contributed by atoms with Gasteiger partial charge >= 0.3 is 0 Å². The first kappa shape index (κ1) is 8.54. The summed E-state index contributed by atoms with van der Waals surface area (Å²) in [6.45, 7) is 3.95. The molecular weight excluding hydrogens is 136 g/mol. The molecule has 0 aromatic carbocycles.